The van der Waals surface area contributed by atoms with E-state index in [0.29, 0.717) is 10.9 Å². The largest absolute Gasteiger partial charge is 0.376 e. The van der Waals surface area contributed by atoms with E-state index < -0.39 is 0 Å². The van der Waals surface area contributed by atoms with E-state index in [9.17, 15) is 4.79 Å². The van der Waals surface area contributed by atoms with Crippen LogP contribution in [0.3, 0.4) is 0 Å². The number of anilines is 1. The third-order valence-electron chi connectivity index (χ3n) is 3.51. The average Bonchev–Trinajstić information content (AvgIpc) is 2.46. The summed E-state index contributed by atoms with van der Waals surface area (Å²) in [4.78, 5) is 11.7. The molecule has 1 saturated carbocycles. The van der Waals surface area contributed by atoms with E-state index in [2.05, 4.69) is 22.8 Å². The van der Waals surface area contributed by atoms with Gasteiger partial charge < -0.3 is 5.32 Å². The number of hydrogen-bond acceptors (Lipinski definition) is 3. The van der Waals surface area contributed by atoms with Crippen molar-refractivity contribution in [1.82, 2.24) is 5.43 Å². The Bertz CT molecular complexity index is 484. The van der Waals surface area contributed by atoms with Crippen molar-refractivity contribution < 1.29 is 4.79 Å². The number of hydrazone groups is 1. The molecule has 0 heterocycles. The Balaban J connectivity index is 1.77. The Morgan fingerprint density at radius 3 is 2.80 bits per heavy atom. The second kappa shape index (κ2) is 7.29. The summed E-state index contributed by atoms with van der Waals surface area (Å²) in [6.45, 7) is 2.36. The fraction of sp³-hybridized carbons (Fsp3) is 0.467. The van der Waals surface area contributed by atoms with Crippen molar-refractivity contribution in [2.45, 2.75) is 32.6 Å². The van der Waals surface area contributed by atoms with Gasteiger partial charge in [-0.15, -0.1) is 0 Å². The van der Waals surface area contributed by atoms with Gasteiger partial charge in [-0.3, -0.25) is 4.79 Å². The van der Waals surface area contributed by atoms with Crippen molar-refractivity contribution in [3.63, 3.8) is 0 Å². The molecule has 1 aliphatic carbocycles. The molecule has 0 aromatic heterocycles. The van der Waals surface area contributed by atoms with Gasteiger partial charge in [0.05, 0.1) is 6.54 Å². The molecule has 1 fully saturated rings. The van der Waals surface area contributed by atoms with Crippen LogP contribution < -0.4 is 10.7 Å². The number of benzene rings is 1. The standard InChI is InChI=1S/C15H20ClN3O/c1-11-4-2-3-5-14(11)18-19-15(20)10-17-13-8-6-12(16)7-9-13/h6-9,11,17H,2-5,10H2,1H3,(H,19,20)/b18-14-/t11-/m0/s1. The van der Waals surface area contributed by atoms with E-state index in [1.54, 1.807) is 12.1 Å². The number of hydrogen-bond donors (Lipinski definition) is 2. The molecule has 0 unspecified atom stereocenters. The van der Waals surface area contributed by atoms with Crippen molar-refractivity contribution in [2.24, 2.45) is 11.0 Å². The SMILES string of the molecule is C[C@H]1CCCC/C1=N/NC(=O)CNc1ccc(Cl)cc1. The Labute approximate surface area is 124 Å². The number of amides is 1. The van der Waals surface area contributed by atoms with Crippen molar-refractivity contribution in [3.8, 4) is 0 Å². The molecule has 2 N–H and O–H groups in total. The lowest BCUT2D eigenvalue weighted by atomic mass is 9.89. The summed E-state index contributed by atoms with van der Waals surface area (Å²) in [6, 6.07) is 7.24. The maximum absolute atomic E-state index is 11.7. The number of nitrogens with zero attached hydrogens (tertiary/aromatic N) is 1. The van der Waals surface area contributed by atoms with Crippen LogP contribution in [0.1, 0.15) is 32.6 Å². The summed E-state index contributed by atoms with van der Waals surface area (Å²) < 4.78 is 0. The minimum atomic E-state index is -0.134. The summed E-state index contributed by atoms with van der Waals surface area (Å²) in [5, 5.41) is 7.96. The Morgan fingerprint density at radius 2 is 2.10 bits per heavy atom. The molecule has 1 aromatic carbocycles. The predicted octanol–water partition coefficient (Wildman–Crippen LogP) is 3.43. The molecule has 108 valence electrons. The van der Waals surface area contributed by atoms with Crippen LogP contribution in [-0.4, -0.2) is 18.2 Å². The summed E-state index contributed by atoms with van der Waals surface area (Å²) >= 11 is 5.80. The van der Waals surface area contributed by atoms with Crippen LogP contribution in [0.2, 0.25) is 5.02 Å². The summed E-state index contributed by atoms with van der Waals surface area (Å²) in [5.41, 5.74) is 4.60. The Morgan fingerprint density at radius 1 is 1.35 bits per heavy atom. The second-order valence-electron chi connectivity index (χ2n) is 5.15. The molecule has 5 heteroatoms. The van der Waals surface area contributed by atoms with Gasteiger partial charge in [0.25, 0.3) is 5.91 Å². The first-order chi connectivity index (χ1) is 9.65. The third kappa shape index (κ3) is 4.53. The van der Waals surface area contributed by atoms with E-state index in [1.165, 1.54) is 12.8 Å². The fourth-order valence-corrected chi connectivity index (χ4v) is 2.39. The van der Waals surface area contributed by atoms with Gasteiger partial charge in [-0.1, -0.05) is 24.9 Å². The molecule has 20 heavy (non-hydrogen) atoms. The molecule has 0 aliphatic heterocycles. The van der Waals surface area contributed by atoms with Crippen LogP contribution in [-0.2, 0) is 4.79 Å². The van der Waals surface area contributed by atoms with E-state index >= 15 is 0 Å². The summed E-state index contributed by atoms with van der Waals surface area (Å²) in [6.07, 6.45) is 4.58. The van der Waals surface area contributed by atoms with Crippen molar-refractivity contribution in [2.75, 3.05) is 11.9 Å². The van der Waals surface area contributed by atoms with E-state index in [-0.39, 0.29) is 12.5 Å². The van der Waals surface area contributed by atoms with Gasteiger partial charge in [0, 0.05) is 16.4 Å². The Hall–Kier alpha value is -1.55. The van der Waals surface area contributed by atoms with Gasteiger partial charge in [-0.25, -0.2) is 5.43 Å². The number of nitrogens with one attached hydrogen (secondary N) is 2. The molecule has 0 saturated heterocycles. The first-order valence-electron chi connectivity index (χ1n) is 7.00. The first-order valence-corrected chi connectivity index (χ1v) is 7.37. The lowest BCUT2D eigenvalue weighted by Gasteiger charge is -2.19. The fourth-order valence-electron chi connectivity index (χ4n) is 2.26. The van der Waals surface area contributed by atoms with Crippen LogP contribution in [0.25, 0.3) is 0 Å². The molecule has 1 amide bonds. The van der Waals surface area contributed by atoms with Gasteiger partial charge in [0.1, 0.15) is 0 Å². The van der Waals surface area contributed by atoms with Crippen LogP contribution in [0.4, 0.5) is 5.69 Å². The lowest BCUT2D eigenvalue weighted by molar-refractivity contribution is -0.119. The quantitative estimate of drug-likeness (QED) is 0.836. The van der Waals surface area contributed by atoms with Gasteiger partial charge >= 0.3 is 0 Å². The Kier molecular flexibility index (Phi) is 5.41. The molecule has 4 nitrogen and oxygen atoms in total. The average molecular weight is 294 g/mol. The maximum Gasteiger partial charge on any atom is 0.259 e. The monoisotopic (exact) mass is 293 g/mol. The van der Waals surface area contributed by atoms with Crippen LogP contribution in [0.15, 0.2) is 29.4 Å². The lowest BCUT2D eigenvalue weighted by Crippen LogP contribution is -2.28. The smallest absolute Gasteiger partial charge is 0.259 e. The van der Waals surface area contributed by atoms with Crippen molar-refractivity contribution in [3.05, 3.63) is 29.3 Å². The molecular formula is C15H20ClN3O. The molecule has 1 aromatic rings. The van der Waals surface area contributed by atoms with Gasteiger partial charge in [0.15, 0.2) is 0 Å². The van der Waals surface area contributed by atoms with Gasteiger partial charge in [-0.05, 0) is 49.4 Å². The number of carbonyl (C=O) groups excluding carboxylic acids is 1. The highest BCUT2D eigenvalue weighted by atomic mass is 35.5. The zero-order valence-electron chi connectivity index (χ0n) is 11.7. The van der Waals surface area contributed by atoms with Crippen LogP contribution in [0.5, 0.6) is 0 Å². The van der Waals surface area contributed by atoms with Crippen LogP contribution >= 0.6 is 11.6 Å². The zero-order valence-corrected chi connectivity index (χ0v) is 12.4. The molecule has 0 spiro atoms. The molecule has 1 atom stereocenters. The van der Waals surface area contributed by atoms with Gasteiger partial charge in [0.2, 0.25) is 0 Å². The van der Waals surface area contributed by atoms with Crippen LogP contribution in [0, 0.1) is 5.92 Å². The minimum Gasteiger partial charge on any atom is -0.376 e. The minimum absolute atomic E-state index is 0.134. The molecular weight excluding hydrogens is 274 g/mol. The maximum atomic E-state index is 11.7. The third-order valence-corrected chi connectivity index (χ3v) is 3.76. The number of halogens is 1. The van der Waals surface area contributed by atoms with Crippen molar-refractivity contribution >= 4 is 28.9 Å². The zero-order chi connectivity index (χ0) is 14.4. The number of rotatable bonds is 4. The summed E-state index contributed by atoms with van der Waals surface area (Å²) in [7, 11) is 0. The highest BCUT2D eigenvalue weighted by molar-refractivity contribution is 6.30. The van der Waals surface area contributed by atoms with E-state index in [0.717, 1.165) is 24.2 Å². The molecule has 1 aliphatic rings. The second-order valence-corrected chi connectivity index (χ2v) is 5.58. The van der Waals surface area contributed by atoms with Gasteiger partial charge in [-0.2, -0.15) is 5.10 Å². The predicted molar refractivity (Wildman–Crippen MR) is 83.2 cm³/mol. The molecule has 0 bridgehead atoms. The highest BCUT2D eigenvalue weighted by Gasteiger charge is 2.15. The topological polar surface area (TPSA) is 53.5 Å². The van der Waals surface area contributed by atoms with E-state index in [1.807, 2.05) is 12.1 Å². The number of carbonyl (C=O) groups is 1. The van der Waals surface area contributed by atoms with Crippen molar-refractivity contribution in [1.29, 1.82) is 0 Å². The summed E-state index contributed by atoms with van der Waals surface area (Å²) in [5.74, 6) is 0.346. The molecule has 2 rings (SSSR count). The van der Waals surface area contributed by atoms with E-state index in [4.69, 9.17) is 11.6 Å². The highest BCUT2D eigenvalue weighted by Crippen LogP contribution is 2.20. The normalized spacial score (nSPS) is 20.7. The first kappa shape index (κ1) is 14.9. The molecule has 0 radical (unpaired) electrons.